The van der Waals surface area contributed by atoms with Crippen LogP contribution >= 0.6 is 0 Å². The first-order chi connectivity index (χ1) is 15.0. The summed E-state index contributed by atoms with van der Waals surface area (Å²) in [5.74, 6) is -1.12. The molecule has 2 amide bonds. The fourth-order valence-electron chi connectivity index (χ4n) is 4.21. The van der Waals surface area contributed by atoms with Gasteiger partial charge in [-0.3, -0.25) is 9.59 Å². The number of fused-ring (bicyclic) bond motifs is 1. The molecule has 1 fully saturated rings. The summed E-state index contributed by atoms with van der Waals surface area (Å²) >= 11 is 0. The summed E-state index contributed by atoms with van der Waals surface area (Å²) in [5.41, 5.74) is 2.23. The highest BCUT2D eigenvalue weighted by Gasteiger charge is 2.28. The normalized spacial score (nSPS) is 18.7. The highest BCUT2D eigenvalue weighted by molar-refractivity contribution is 6.07. The summed E-state index contributed by atoms with van der Waals surface area (Å²) in [7, 11) is 1.57. The average Bonchev–Trinajstić information content (AvgIpc) is 3.15. The molecule has 3 aromatic rings. The van der Waals surface area contributed by atoms with Crippen LogP contribution in [0.2, 0.25) is 0 Å². The molecule has 1 saturated carbocycles. The largest absolute Gasteiger partial charge is 0.355 e. The van der Waals surface area contributed by atoms with Crippen molar-refractivity contribution in [2.45, 2.75) is 44.4 Å². The van der Waals surface area contributed by atoms with E-state index in [0.717, 1.165) is 18.4 Å². The second-order valence-electron chi connectivity index (χ2n) is 7.96. The molecule has 2 N–H and O–H groups in total. The van der Waals surface area contributed by atoms with Crippen molar-refractivity contribution in [1.82, 2.24) is 15.2 Å². The zero-order valence-electron chi connectivity index (χ0n) is 17.3. The maximum atomic E-state index is 14.7. The monoisotopic (exact) mass is 425 g/mol. The minimum absolute atomic E-state index is 0.173. The fourth-order valence-corrected chi connectivity index (χ4v) is 4.21. The zero-order chi connectivity index (χ0) is 22.0. The van der Waals surface area contributed by atoms with Gasteiger partial charge in [-0.1, -0.05) is 31.0 Å². The van der Waals surface area contributed by atoms with Gasteiger partial charge in [0.2, 0.25) is 0 Å². The first-order valence-corrected chi connectivity index (χ1v) is 10.5. The van der Waals surface area contributed by atoms with Crippen LogP contribution in [0.1, 0.15) is 52.0 Å². The Hall–Kier alpha value is -3.22. The van der Waals surface area contributed by atoms with Gasteiger partial charge in [-0.2, -0.15) is 0 Å². The number of rotatable bonds is 5. The molecule has 2 unspecified atom stereocenters. The van der Waals surface area contributed by atoms with Crippen LogP contribution in [-0.4, -0.2) is 35.6 Å². The highest BCUT2D eigenvalue weighted by atomic mass is 19.1. The van der Waals surface area contributed by atoms with E-state index in [4.69, 9.17) is 0 Å². The van der Waals surface area contributed by atoms with E-state index in [1.54, 1.807) is 42.1 Å². The molecule has 2 atom stereocenters. The van der Waals surface area contributed by atoms with Gasteiger partial charge in [-0.25, -0.2) is 8.78 Å². The number of carbonyl (C=O) groups excluding carboxylic acids is 2. The molecule has 1 aliphatic carbocycles. The minimum Gasteiger partial charge on any atom is -0.355 e. The van der Waals surface area contributed by atoms with Crippen molar-refractivity contribution < 1.29 is 18.4 Å². The van der Waals surface area contributed by atoms with Crippen LogP contribution < -0.4 is 10.6 Å². The summed E-state index contributed by atoms with van der Waals surface area (Å²) in [4.78, 5) is 24.7. The average molecular weight is 425 g/mol. The number of nitrogens with zero attached hydrogens (tertiary/aromatic N) is 1. The van der Waals surface area contributed by atoms with E-state index in [2.05, 4.69) is 10.6 Å². The minimum atomic E-state index is -1.07. The quantitative estimate of drug-likeness (QED) is 0.644. The van der Waals surface area contributed by atoms with E-state index in [0.29, 0.717) is 30.5 Å². The number of benzene rings is 2. The first-order valence-electron chi connectivity index (χ1n) is 10.5. The van der Waals surface area contributed by atoms with Crippen molar-refractivity contribution in [2.24, 2.45) is 0 Å². The number of hydrogen-bond donors (Lipinski definition) is 2. The lowest BCUT2D eigenvalue weighted by Gasteiger charge is -2.26. The molecule has 0 bridgehead atoms. The van der Waals surface area contributed by atoms with Gasteiger partial charge in [0.05, 0.1) is 17.1 Å². The first kappa shape index (κ1) is 21.0. The number of alkyl halides is 1. The van der Waals surface area contributed by atoms with Crippen LogP contribution in [0.25, 0.3) is 10.9 Å². The van der Waals surface area contributed by atoms with Gasteiger partial charge in [-0.05, 0) is 42.7 Å². The smallest absolute Gasteiger partial charge is 0.253 e. The highest BCUT2D eigenvalue weighted by Crippen LogP contribution is 2.27. The molecule has 5 nitrogen and oxygen atoms in total. The fraction of sp³-hybridized carbons (Fsp3) is 0.333. The third-order valence-corrected chi connectivity index (χ3v) is 5.89. The Morgan fingerprint density at radius 2 is 1.81 bits per heavy atom. The number of carbonyl (C=O) groups is 2. The zero-order valence-corrected chi connectivity index (χ0v) is 17.3. The molecule has 7 heteroatoms. The Morgan fingerprint density at radius 1 is 1.06 bits per heavy atom. The summed E-state index contributed by atoms with van der Waals surface area (Å²) in [5, 5.41) is 5.58. The molecule has 162 valence electrons. The molecular weight excluding hydrogens is 400 g/mol. The van der Waals surface area contributed by atoms with Gasteiger partial charge in [0.1, 0.15) is 12.0 Å². The Labute approximate surface area is 179 Å². The molecule has 0 aliphatic heterocycles. The van der Waals surface area contributed by atoms with E-state index in [1.165, 1.54) is 6.07 Å². The van der Waals surface area contributed by atoms with Gasteiger partial charge in [0.25, 0.3) is 11.8 Å². The molecule has 0 spiro atoms. The summed E-state index contributed by atoms with van der Waals surface area (Å²) in [6.07, 6.45) is 3.26. The second-order valence-corrected chi connectivity index (χ2v) is 7.96. The van der Waals surface area contributed by atoms with E-state index >= 15 is 0 Å². The Balaban J connectivity index is 1.63. The maximum Gasteiger partial charge on any atom is 0.253 e. The number of amides is 2. The van der Waals surface area contributed by atoms with Gasteiger partial charge in [-0.15, -0.1) is 0 Å². The number of nitrogens with one attached hydrogen (secondary N) is 2. The Morgan fingerprint density at radius 3 is 2.52 bits per heavy atom. The van der Waals surface area contributed by atoms with Crippen LogP contribution in [0, 0.1) is 5.82 Å². The third kappa shape index (κ3) is 4.31. The second kappa shape index (κ2) is 8.88. The SMILES string of the molecule is CNC(=O)c1ccc(Cn2cc(C(=O)NC3CCCCC3F)c3c(F)cccc32)cc1. The van der Waals surface area contributed by atoms with Gasteiger partial charge >= 0.3 is 0 Å². The van der Waals surface area contributed by atoms with Crippen molar-refractivity contribution in [3.05, 3.63) is 71.2 Å². The van der Waals surface area contributed by atoms with Crippen LogP contribution in [0.5, 0.6) is 0 Å². The summed E-state index contributed by atoms with van der Waals surface area (Å²) in [6.45, 7) is 0.399. The Kier molecular flexibility index (Phi) is 6.02. The topological polar surface area (TPSA) is 63.1 Å². The van der Waals surface area contributed by atoms with E-state index in [9.17, 15) is 18.4 Å². The van der Waals surface area contributed by atoms with Crippen molar-refractivity contribution >= 4 is 22.7 Å². The molecular formula is C24H25F2N3O2. The van der Waals surface area contributed by atoms with Crippen LogP contribution in [-0.2, 0) is 6.54 Å². The van der Waals surface area contributed by atoms with Crippen LogP contribution in [0.15, 0.2) is 48.7 Å². The lowest BCUT2D eigenvalue weighted by atomic mass is 9.93. The lowest BCUT2D eigenvalue weighted by molar-refractivity contribution is 0.0884. The molecule has 31 heavy (non-hydrogen) atoms. The number of aromatic nitrogens is 1. The van der Waals surface area contributed by atoms with E-state index in [1.807, 2.05) is 12.1 Å². The van der Waals surface area contributed by atoms with Crippen LogP contribution in [0.4, 0.5) is 8.78 Å². The van der Waals surface area contributed by atoms with Crippen molar-refractivity contribution in [1.29, 1.82) is 0 Å². The maximum absolute atomic E-state index is 14.7. The predicted octanol–water partition coefficient (Wildman–Crippen LogP) is 4.20. The number of hydrogen-bond acceptors (Lipinski definition) is 2. The van der Waals surface area contributed by atoms with E-state index in [-0.39, 0.29) is 16.9 Å². The molecule has 2 aromatic carbocycles. The third-order valence-electron chi connectivity index (χ3n) is 5.89. The molecule has 4 rings (SSSR count). The predicted molar refractivity (Wildman–Crippen MR) is 115 cm³/mol. The molecule has 0 radical (unpaired) electrons. The van der Waals surface area contributed by atoms with Crippen LogP contribution in [0.3, 0.4) is 0 Å². The standard InChI is InChI=1S/C24H25F2N3O2/c1-27-23(30)16-11-9-15(10-12-16)13-29-14-17(22-19(26)6-4-8-21(22)29)24(31)28-20-7-3-2-5-18(20)25/h4,6,8-12,14,18,20H,2-3,5,7,13H2,1H3,(H,27,30)(H,28,31). The van der Waals surface area contributed by atoms with Crippen molar-refractivity contribution in [3.8, 4) is 0 Å². The van der Waals surface area contributed by atoms with E-state index < -0.39 is 23.9 Å². The van der Waals surface area contributed by atoms with Crippen molar-refractivity contribution in [3.63, 3.8) is 0 Å². The van der Waals surface area contributed by atoms with Gasteiger partial charge in [0, 0.05) is 30.7 Å². The molecule has 1 aliphatic rings. The van der Waals surface area contributed by atoms with Gasteiger partial charge < -0.3 is 15.2 Å². The van der Waals surface area contributed by atoms with Crippen molar-refractivity contribution in [2.75, 3.05) is 7.05 Å². The lowest BCUT2D eigenvalue weighted by Crippen LogP contribution is -2.43. The molecule has 1 aromatic heterocycles. The molecule has 1 heterocycles. The summed E-state index contributed by atoms with van der Waals surface area (Å²) < 4.78 is 30.7. The van der Waals surface area contributed by atoms with Gasteiger partial charge in [0.15, 0.2) is 0 Å². The Bertz CT molecular complexity index is 1110. The molecule has 0 saturated heterocycles. The summed E-state index contributed by atoms with van der Waals surface area (Å²) in [6, 6.07) is 11.2. The number of halogens is 2.